The minimum atomic E-state index is -0.107. The van der Waals surface area contributed by atoms with Gasteiger partial charge >= 0.3 is 0 Å². The zero-order valence-corrected chi connectivity index (χ0v) is 13.4. The second kappa shape index (κ2) is 5.75. The van der Waals surface area contributed by atoms with Gasteiger partial charge in [0.25, 0.3) is 5.91 Å². The van der Waals surface area contributed by atoms with Crippen LogP contribution in [0.5, 0.6) is 0 Å². The summed E-state index contributed by atoms with van der Waals surface area (Å²) in [7, 11) is 0. The summed E-state index contributed by atoms with van der Waals surface area (Å²) in [4.78, 5) is 29.0. The number of carbonyl (C=O) groups excluding carboxylic acids is 2. The zero-order chi connectivity index (χ0) is 15.7. The number of likely N-dealkylation sites (tertiary alicyclic amines) is 2. The zero-order valence-electron chi connectivity index (χ0n) is 13.4. The van der Waals surface area contributed by atoms with Crippen LogP contribution in [0.25, 0.3) is 0 Å². The fourth-order valence-corrected chi connectivity index (χ4v) is 3.67. The van der Waals surface area contributed by atoms with Gasteiger partial charge in [0.1, 0.15) is 0 Å². The topological polar surface area (TPSA) is 40.6 Å². The van der Waals surface area contributed by atoms with Crippen molar-refractivity contribution in [2.24, 2.45) is 5.92 Å². The van der Waals surface area contributed by atoms with Gasteiger partial charge in [0.2, 0.25) is 5.91 Å². The Bertz CT molecular complexity index is 570. The molecule has 2 fully saturated rings. The molecule has 22 heavy (non-hydrogen) atoms. The van der Waals surface area contributed by atoms with E-state index < -0.39 is 0 Å². The summed E-state index contributed by atoms with van der Waals surface area (Å²) in [5.41, 5.74) is 0.630. The van der Waals surface area contributed by atoms with Crippen LogP contribution in [0.15, 0.2) is 30.3 Å². The van der Waals surface area contributed by atoms with Crippen molar-refractivity contribution >= 4 is 11.8 Å². The molecular weight excluding hydrogens is 276 g/mol. The largest absolute Gasteiger partial charge is 0.336 e. The predicted molar refractivity (Wildman–Crippen MR) is 85.5 cm³/mol. The Kier molecular flexibility index (Phi) is 3.94. The molecule has 0 N–H and O–H groups in total. The molecule has 0 aromatic heterocycles. The quantitative estimate of drug-likeness (QED) is 0.842. The molecule has 1 spiro atoms. The summed E-state index contributed by atoms with van der Waals surface area (Å²) in [6.07, 6.45) is 3.01. The van der Waals surface area contributed by atoms with Crippen molar-refractivity contribution in [3.8, 4) is 0 Å². The molecule has 0 saturated carbocycles. The average Bonchev–Trinajstić information content (AvgIpc) is 2.54. The average molecular weight is 300 g/mol. The van der Waals surface area contributed by atoms with Crippen molar-refractivity contribution < 1.29 is 9.59 Å². The van der Waals surface area contributed by atoms with Crippen LogP contribution in [0.1, 0.15) is 43.5 Å². The number of benzene rings is 1. The summed E-state index contributed by atoms with van der Waals surface area (Å²) in [5, 5.41) is 0. The number of nitrogens with zero attached hydrogens (tertiary/aromatic N) is 2. The van der Waals surface area contributed by atoms with Crippen molar-refractivity contribution in [3.05, 3.63) is 35.9 Å². The molecule has 1 atom stereocenters. The van der Waals surface area contributed by atoms with Crippen molar-refractivity contribution in [2.75, 3.05) is 19.6 Å². The summed E-state index contributed by atoms with van der Waals surface area (Å²) >= 11 is 0. The first-order valence-electron chi connectivity index (χ1n) is 8.19. The molecule has 2 aliphatic rings. The third-order valence-electron chi connectivity index (χ3n) is 5.00. The molecule has 4 heteroatoms. The van der Waals surface area contributed by atoms with Gasteiger partial charge in [0, 0.05) is 31.1 Å². The van der Waals surface area contributed by atoms with E-state index in [-0.39, 0.29) is 23.3 Å². The standard InChI is InChI=1S/C18H24N2O2/c1-14(2)16(21)20-12-10-18(20)9-6-11-19(13-18)17(22)15-7-4-3-5-8-15/h3-5,7-8,14H,6,9-13H2,1-2H3/t18-/m1/s1. The number of carbonyl (C=O) groups is 2. The molecule has 2 amide bonds. The van der Waals surface area contributed by atoms with E-state index in [2.05, 4.69) is 0 Å². The van der Waals surface area contributed by atoms with Gasteiger partial charge in [0.15, 0.2) is 0 Å². The summed E-state index contributed by atoms with van der Waals surface area (Å²) < 4.78 is 0. The molecule has 0 radical (unpaired) electrons. The smallest absolute Gasteiger partial charge is 0.253 e. The molecule has 3 rings (SSSR count). The molecule has 1 aromatic rings. The molecule has 2 saturated heterocycles. The highest BCUT2D eigenvalue weighted by atomic mass is 16.2. The molecule has 2 aliphatic heterocycles. The monoisotopic (exact) mass is 300 g/mol. The van der Waals surface area contributed by atoms with E-state index in [0.29, 0.717) is 6.54 Å². The summed E-state index contributed by atoms with van der Waals surface area (Å²) in [6.45, 7) is 6.21. The van der Waals surface area contributed by atoms with Gasteiger partial charge in [-0.15, -0.1) is 0 Å². The number of rotatable bonds is 2. The van der Waals surface area contributed by atoms with Gasteiger partial charge in [-0.05, 0) is 31.4 Å². The Morgan fingerprint density at radius 2 is 1.82 bits per heavy atom. The van der Waals surface area contributed by atoms with Crippen LogP contribution in [0.3, 0.4) is 0 Å². The van der Waals surface area contributed by atoms with E-state index in [0.717, 1.165) is 37.9 Å². The van der Waals surface area contributed by atoms with Crippen LogP contribution in [0, 0.1) is 5.92 Å². The van der Waals surface area contributed by atoms with Crippen LogP contribution in [-0.4, -0.2) is 46.8 Å². The molecule has 1 aromatic carbocycles. The molecule has 0 bridgehead atoms. The van der Waals surface area contributed by atoms with E-state index in [1.807, 2.05) is 54.0 Å². The van der Waals surface area contributed by atoms with E-state index >= 15 is 0 Å². The maximum absolute atomic E-state index is 12.7. The molecule has 0 aliphatic carbocycles. The highest BCUT2D eigenvalue weighted by Gasteiger charge is 2.50. The lowest BCUT2D eigenvalue weighted by Crippen LogP contribution is -2.69. The molecule has 118 valence electrons. The summed E-state index contributed by atoms with van der Waals surface area (Å²) in [6, 6.07) is 9.43. The van der Waals surface area contributed by atoms with Crippen LogP contribution < -0.4 is 0 Å². The Balaban J connectivity index is 1.75. The van der Waals surface area contributed by atoms with Gasteiger partial charge in [-0.1, -0.05) is 32.0 Å². The predicted octanol–water partition coefficient (Wildman–Crippen LogP) is 2.55. The Hall–Kier alpha value is -1.84. The van der Waals surface area contributed by atoms with E-state index in [1.54, 1.807) is 0 Å². The lowest BCUT2D eigenvalue weighted by atomic mass is 9.76. The minimum Gasteiger partial charge on any atom is -0.336 e. The normalized spacial score (nSPS) is 24.5. The van der Waals surface area contributed by atoms with Crippen molar-refractivity contribution in [3.63, 3.8) is 0 Å². The maximum atomic E-state index is 12.7. The summed E-state index contributed by atoms with van der Waals surface area (Å²) in [5.74, 6) is 0.334. The van der Waals surface area contributed by atoms with Crippen LogP contribution in [-0.2, 0) is 4.79 Å². The van der Waals surface area contributed by atoms with Gasteiger partial charge in [-0.3, -0.25) is 9.59 Å². The highest BCUT2D eigenvalue weighted by molar-refractivity contribution is 5.94. The lowest BCUT2D eigenvalue weighted by molar-refractivity contribution is -0.155. The second-order valence-corrected chi connectivity index (χ2v) is 6.82. The van der Waals surface area contributed by atoms with Crippen LogP contribution >= 0.6 is 0 Å². The number of amides is 2. The van der Waals surface area contributed by atoms with Crippen molar-refractivity contribution in [2.45, 2.75) is 38.6 Å². The van der Waals surface area contributed by atoms with Gasteiger partial charge in [0.05, 0.1) is 5.54 Å². The number of piperidine rings is 1. The van der Waals surface area contributed by atoms with Crippen molar-refractivity contribution in [1.29, 1.82) is 0 Å². The van der Waals surface area contributed by atoms with Crippen molar-refractivity contribution in [1.82, 2.24) is 9.80 Å². The highest BCUT2D eigenvalue weighted by Crippen LogP contribution is 2.39. The van der Waals surface area contributed by atoms with Gasteiger partial charge < -0.3 is 9.80 Å². The lowest BCUT2D eigenvalue weighted by Gasteiger charge is -2.57. The first-order valence-corrected chi connectivity index (χ1v) is 8.19. The molecule has 4 nitrogen and oxygen atoms in total. The molecular formula is C18H24N2O2. The van der Waals surface area contributed by atoms with Gasteiger partial charge in [-0.25, -0.2) is 0 Å². The Morgan fingerprint density at radius 3 is 2.41 bits per heavy atom. The fraction of sp³-hybridized carbons (Fsp3) is 0.556. The van der Waals surface area contributed by atoms with Crippen LogP contribution in [0.4, 0.5) is 0 Å². The van der Waals surface area contributed by atoms with E-state index in [9.17, 15) is 9.59 Å². The Morgan fingerprint density at radius 1 is 1.09 bits per heavy atom. The number of hydrogen-bond donors (Lipinski definition) is 0. The fourth-order valence-electron chi connectivity index (χ4n) is 3.67. The second-order valence-electron chi connectivity index (χ2n) is 6.82. The Labute approximate surface area is 132 Å². The first-order chi connectivity index (χ1) is 10.5. The number of hydrogen-bond acceptors (Lipinski definition) is 2. The SMILES string of the molecule is CC(C)C(=O)N1CC[C@@]12CCCN(C(=O)c1ccccc1)C2. The van der Waals surface area contributed by atoms with E-state index in [4.69, 9.17) is 0 Å². The maximum Gasteiger partial charge on any atom is 0.253 e. The molecule has 2 heterocycles. The third kappa shape index (κ3) is 2.51. The van der Waals surface area contributed by atoms with Crippen LogP contribution in [0.2, 0.25) is 0 Å². The first kappa shape index (κ1) is 15.1. The van der Waals surface area contributed by atoms with E-state index in [1.165, 1.54) is 0 Å². The minimum absolute atomic E-state index is 0.0253. The van der Waals surface area contributed by atoms with Gasteiger partial charge in [-0.2, -0.15) is 0 Å². The molecule has 0 unspecified atom stereocenters. The third-order valence-corrected chi connectivity index (χ3v) is 5.00.